The molecule has 0 amide bonds. The van der Waals surface area contributed by atoms with Gasteiger partial charge >= 0.3 is 12.1 Å². The summed E-state index contributed by atoms with van der Waals surface area (Å²) >= 11 is 6.37. The van der Waals surface area contributed by atoms with E-state index in [4.69, 9.17) is 35.0 Å². The Hall–Kier alpha value is -4.10. The molecule has 228 valence electrons. The third-order valence-electron chi connectivity index (χ3n) is 6.92. The average molecular weight is 621 g/mol. The zero-order valence-electron chi connectivity index (χ0n) is 23.7. The molecule has 0 saturated carbocycles. The van der Waals surface area contributed by atoms with E-state index in [-0.39, 0.29) is 54.3 Å². The number of para-hydroxylation sites is 1. The third kappa shape index (κ3) is 6.04. The summed E-state index contributed by atoms with van der Waals surface area (Å²) in [6, 6.07) is 9.63. The molecule has 5 rings (SSSR count). The Kier molecular flexibility index (Phi) is 8.65. The number of esters is 1. The highest BCUT2D eigenvalue weighted by Crippen LogP contribution is 2.47. The van der Waals surface area contributed by atoms with Crippen LogP contribution in [-0.4, -0.2) is 46.5 Å². The van der Waals surface area contributed by atoms with Gasteiger partial charge in [-0.2, -0.15) is 13.2 Å². The molecule has 4 aromatic rings. The lowest BCUT2D eigenvalue weighted by molar-refractivity contribution is -0.146. The van der Waals surface area contributed by atoms with E-state index in [0.29, 0.717) is 34.1 Å². The summed E-state index contributed by atoms with van der Waals surface area (Å²) in [5, 5.41) is 7.73. The maximum Gasteiger partial charge on any atom is 0.452 e. The average Bonchev–Trinajstić information content (AvgIpc) is 3.54. The number of rotatable bonds is 9. The second-order valence-corrected chi connectivity index (χ2v) is 10.1. The van der Waals surface area contributed by atoms with E-state index in [9.17, 15) is 18.0 Å². The normalized spacial score (nSPS) is 16.3. The van der Waals surface area contributed by atoms with Crippen LogP contribution in [0.25, 0.3) is 5.69 Å². The van der Waals surface area contributed by atoms with E-state index in [1.807, 2.05) is 0 Å². The number of hydrogen-bond acceptors (Lipinski definition) is 9. The molecule has 0 radical (unpaired) electrons. The van der Waals surface area contributed by atoms with Gasteiger partial charge in [0.2, 0.25) is 5.82 Å². The summed E-state index contributed by atoms with van der Waals surface area (Å²) in [6.07, 6.45) is -6.70. The lowest BCUT2D eigenvalue weighted by Gasteiger charge is -2.24. The van der Waals surface area contributed by atoms with Crippen LogP contribution in [-0.2, 0) is 33.3 Å². The number of carbonyl (C=O) groups excluding carboxylic acids is 1. The molecular weight excluding hydrogens is 593 g/mol. The monoisotopic (exact) mass is 620 g/mol. The van der Waals surface area contributed by atoms with Crippen LogP contribution in [0.3, 0.4) is 0 Å². The lowest BCUT2D eigenvalue weighted by atomic mass is 9.98. The van der Waals surface area contributed by atoms with Gasteiger partial charge in [-0.15, -0.1) is 10.2 Å². The Labute approximate surface area is 249 Å². The molecule has 0 fully saturated rings. The molecule has 0 N–H and O–H groups in total. The molecule has 0 saturated heterocycles. The van der Waals surface area contributed by atoms with Gasteiger partial charge in [-0.1, -0.05) is 23.7 Å². The van der Waals surface area contributed by atoms with Crippen molar-refractivity contribution in [2.24, 2.45) is 0 Å². The van der Waals surface area contributed by atoms with Crippen molar-refractivity contribution in [2.45, 2.75) is 51.5 Å². The van der Waals surface area contributed by atoms with E-state index < -0.39 is 24.2 Å². The quantitative estimate of drug-likeness (QED) is 0.203. The summed E-state index contributed by atoms with van der Waals surface area (Å²) in [5.74, 6) is -0.341. The van der Waals surface area contributed by atoms with Crippen molar-refractivity contribution in [1.82, 2.24) is 19.7 Å². The fraction of sp³-hybridized carbons (Fsp3) is 0.379. The molecule has 2 aromatic carbocycles. The second kappa shape index (κ2) is 12.3. The molecule has 2 atom stereocenters. The minimum absolute atomic E-state index is 0.0836. The van der Waals surface area contributed by atoms with Gasteiger partial charge in [-0.05, 0) is 38.1 Å². The van der Waals surface area contributed by atoms with Crippen LogP contribution in [0, 0.1) is 6.92 Å². The molecular formula is C29H28ClF3N4O6. The minimum atomic E-state index is -4.83. The molecule has 43 heavy (non-hydrogen) atoms. The van der Waals surface area contributed by atoms with Crippen molar-refractivity contribution in [3.05, 3.63) is 81.5 Å². The van der Waals surface area contributed by atoms with Crippen molar-refractivity contribution in [3.8, 4) is 17.2 Å². The highest BCUT2D eigenvalue weighted by Gasteiger charge is 2.44. The Morgan fingerprint density at radius 2 is 1.91 bits per heavy atom. The van der Waals surface area contributed by atoms with Crippen LogP contribution in [0.2, 0.25) is 5.02 Å². The number of benzene rings is 2. The van der Waals surface area contributed by atoms with Crippen molar-refractivity contribution >= 4 is 17.6 Å². The lowest BCUT2D eigenvalue weighted by Crippen LogP contribution is -2.17. The first-order valence-electron chi connectivity index (χ1n) is 13.3. The second-order valence-electron chi connectivity index (χ2n) is 9.63. The van der Waals surface area contributed by atoms with Gasteiger partial charge in [-0.25, -0.2) is 4.98 Å². The molecule has 2 aromatic heterocycles. The van der Waals surface area contributed by atoms with Gasteiger partial charge in [0, 0.05) is 22.6 Å². The van der Waals surface area contributed by atoms with E-state index in [1.165, 1.54) is 32.4 Å². The number of aromatic nitrogens is 4. The van der Waals surface area contributed by atoms with Gasteiger partial charge in [-0.3, -0.25) is 9.36 Å². The first-order chi connectivity index (χ1) is 20.5. The van der Waals surface area contributed by atoms with Crippen molar-refractivity contribution < 1.29 is 41.3 Å². The number of oxazole rings is 1. The van der Waals surface area contributed by atoms with Crippen LogP contribution in [0.15, 0.2) is 40.8 Å². The van der Waals surface area contributed by atoms with Crippen LogP contribution in [0.1, 0.15) is 65.7 Å². The predicted octanol–water partition coefficient (Wildman–Crippen LogP) is 6.15. The zero-order chi connectivity index (χ0) is 30.9. The number of carbonyl (C=O) groups is 1. The maximum absolute atomic E-state index is 14.3. The fourth-order valence-electron chi connectivity index (χ4n) is 5.08. The van der Waals surface area contributed by atoms with Gasteiger partial charge in [0.1, 0.15) is 18.0 Å². The highest BCUT2D eigenvalue weighted by molar-refractivity contribution is 6.30. The third-order valence-corrected chi connectivity index (χ3v) is 7.15. The summed E-state index contributed by atoms with van der Waals surface area (Å²) in [4.78, 5) is 16.3. The minimum Gasteiger partial charge on any atom is -0.493 e. The molecule has 0 aliphatic carbocycles. The van der Waals surface area contributed by atoms with Crippen molar-refractivity contribution in [3.63, 3.8) is 0 Å². The first-order valence-corrected chi connectivity index (χ1v) is 13.7. The smallest absolute Gasteiger partial charge is 0.452 e. The van der Waals surface area contributed by atoms with Gasteiger partial charge in [0.15, 0.2) is 23.2 Å². The molecule has 0 spiro atoms. The zero-order valence-corrected chi connectivity index (χ0v) is 24.5. The molecule has 1 aliphatic heterocycles. The summed E-state index contributed by atoms with van der Waals surface area (Å²) in [6.45, 7) is 3.69. The molecule has 14 heteroatoms. The largest absolute Gasteiger partial charge is 0.493 e. The van der Waals surface area contributed by atoms with Crippen LogP contribution < -0.4 is 9.47 Å². The molecule has 0 unspecified atom stereocenters. The molecule has 3 heterocycles. The summed E-state index contributed by atoms with van der Waals surface area (Å²) < 4.78 is 72.4. The van der Waals surface area contributed by atoms with E-state index in [2.05, 4.69) is 15.2 Å². The predicted molar refractivity (Wildman–Crippen MR) is 146 cm³/mol. The van der Waals surface area contributed by atoms with Crippen LogP contribution in [0.5, 0.6) is 11.5 Å². The molecule has 0 bridgehead atoms. The van der Waals surface area contributed by atoms with Gasteiger partial charge in [0.25, 0.3) is 0 Å². The van der Waals surface area contributed by atoms with Crippen LogP contribution in [0.4, 0.5) is 13.2 Å². The standard InChI is InChI=1S/C29H28ClF3N4O6/c1-5-41-24(38)12-11-20-15(2)34-23(42-20)14-22-27-35-36-28(29(31,32)33)37(27)19-10-9-16(30)13-18(19)25(43-22)17-7-6-8-21(39-3)26(17)40-4/h6-10,13,22,25H,5,11-12,14H2,1-4H3/t22-,25-/m1/s1. The SMILES string of the molecule is CCOC(=O)CCc1oc(C[C@H]2O[C@H](c3cccc(OC)c3OC)c3cc(Cl)ccc3-n3c2nnc3C(F)(F)F)nc1C. The number of methoxy groups -OCH3 is 2. The first kappa shape index (κ1) is 30.4. The number of halogens is 4. The molecule has 10 nitrogen and oxygen atoms in total. The fourth-order valence-corrected chi connectivity index (χ4v) is 5.26. The Balaban J connectivity index is 1.64. The van der Waals surface area contributed by atoms with Gasteiger partial charge < -0.3 is 23.4 Å². The Bertz CT molecular complexity index is 1640. The maximum atomic E-state index is 14.3. The number of fused-ring (bicyclic) bond motifs is 3. The number of hydrogen-bond donors (Lipinski definition) is 0. The Morgan fingerprint density at radius 3 is 2.60 bits per heavy atom. The van der Waals surface area contributed by atoms with Crippen molar-refractivity contribution in [2.75, 3.05) is 20.8 Å². The van der Waals surface area contributed by atoms with Gasteiger partial charge in [0.05, 0.1) is 45.0 Å². The van der Waals surface area contributed by atoms with Crippen molar-refractivity contribution in [1.29, 1.82) is 0 Å². The number of alkyl halides is 3. The summed E-state index contributed by atoms with van der Waals surface area (Å²) in [5.41, 5.74) is 1.48. The van der Waals surface area contributed by atoms with E-state index in [0.717, 1.165) is 4.57 Å². The van der Waals surface area contributed by atoms with E-state index >= 15 is 0 Å². The Morgan fingerprint density at radius 1 is 1.12 bits per heavy atom. The topological polar surface area (TPSA) is 111 Å². The molecule has 1 aliphatic rings. The number of aryl methyl sites for hydroxylation is 2. The summed E-state index contributed by atoms with van der Waals surface area (Å²) in [7, 11) is 2.93. The highest BCUT2D eigenvalue weighted by atomic mass is 35.5. The van der Waals surface area contributed by atoms with E-state index in [1.54, 1.807) is 32.0 Å². The van der Waals surface area contributed by atoms with Crippen LogP contribution >= 0.6 is 11.6 Å². The number of nitrogens with zero attached hydrogens (tertiary/aromatic N) is 4. The number of ether oxygens (including phenoxy) is 4.